The SMILES string of the molecule is CC/C=C\C/C=C\C/C=C\C/C=C\C/C=C\CCCC(=O)O[C@H](COC(=O)CCCCCCC/C=C\CCCCCCC)COP(=O)(O)O. The number of ether oxygens (including phenoxy) is 2. The van der Waals surface area contributed by atoms with Crippen molar-refractivity contribution in [2.24, 2.45) is 0 Å². The summed E-state index contributed by atoms with van der Waals surface area (Å²) in [5.41, 5.74) is 0. The van der Waals surface area contributed by atoms with Crippen LogP contribution in [0.3, 0.4) is 0 Å². The van der Waals surface area contributed by atoms with E-state index in [1.54, 1.807) is 0 Å². The first-order chi connectivity index (χ1) is 23.8. The zero-order valence-corrected chi connectivity index (χ0v) is 31.5. The molecule has 0 bridgehead atoms. The summed E-state index contributed by atoms with van der Waals surface area (Å²) >= 11 is 0. The van der Waals surface area contributed by atoms with Gasteiger partial charge in [0.25, 0.3) is 0 Å². The smallest absolute Gasteiger partial charge is 0.462 e. The lowest BCUT2D eigenvalue weighted by atomic mass is 10.1. The Balaban J connectivity index is 4.11. The number of rotatable bonds is 33. The van der Waals surface area contributed by atoms with Crippen molar-refractivity contribution in [3.63, 3.8) is 0 Å². The molecule has 0 saturated carbocycles. The van der Waals surface area contributed by atoms with Gasteiger partial charge in [-0.3, -0.25) is 14.1 Å². The molecule has 2 N–H and O–H groups in total. The van der Waals surface area contributed by atoms with Gasteiger partial charge in [0, 0.05) is 12.8 Å². The quantitative estimate of drug-likeness (QED) is 0.0299. The lowest BCUT2D eigenvalue weighted by Gasteiger charge is -2.18. The highest BCUT2D eigenvalue weighted by Crippen LogP contribution is 2.35. The zero-order valence-electron chi connectivity index (χ0n) is 30.6. The van der Waals surface area contributed by atoms with Crippen molar-refractivity contribution < 1.29 is 37.9 Å². The van der Waals surface area contributed by atoms with E-state index in [0.29, 0.717) is 19.3 Å². The molecule has 0 spiro atoms. The minimum absolute atomic E-state index is 0.128. The molecule has 280 valence electrons. The highest BCUT2D eigenvalue weighted by Gasteiger charge is 2.22. The maximum atomic E-state index is 12.3. The maximum absolute atomic E-state index is 12.3. The molecule has 0 aliphatic rings. The van der Waals surface area contributed by atoms with Gasteiger partial charge in [-0.1, -0.05) is 132 Å². The molecule has 0 saturated heterocycles. The number of phosphoric ester groups is 1. The third-order valence-electron chi connectivity index (χ3n) is 7.46. The minimum Gasteiger partial charge on any atom is -0.462 e. The normalized spacial score (nSPS) is 13.3. The monoisotopic (exact) mass is 706 g/mol. The number of carbonyl (C=O) groups is 2. The Kier molecular flexibility index (Phi) is 33.5. The number of hydrogen-bond donors (Lipinski definition) is 2. The molecular weight excluding hydrogens is 639 g/mol. The van der Waals surface area contributed by atoms with Gasteiger partial charge < -0.3 is 19.3 Å². The van der Waals surface area contributed by atoms with Gasteiger partial charge in [-0.15, -0.1) is 0 Å². The van der Waals surface area contributed by atoms with Crippen LogP contribution in [0.25, 0.3) is 0 Å². The number of unbranched alkanes of at least 4 members (excludes halogenated alkanes) is 11. The highest BCUT2D eigenvalue weighted by atomic mass is 31.2. The van der Waals surface area contributed by atoms with E-state index in [1.165, 1.54) is 38.5 Å². The van der Waals surface area contributed by atoms with Crippen LogP contribution in [0, 0.1) is 0 Å². The van der Waals surface area contributed by atoms with Gasteiger partial charge in [-0.2, -0.15) is 0 Å². The number of hydrogen-bond acceptors (Lipinski definition) is 6. The van der Waals surface area contributed by atoms with Gasteiger partial charge in [0.05, 0.1) is 6.61 Å². The third-order valence-corrected chi connectivity index (χ3v) is 7.94. The lowest BCUT2D eigenvalue weighted by Crippen LogP contribution is -2.29. The van der Waals surface area contributed by atoms with E-state index in [0.717, 1.165) is 64.2 Å². The molecule has 0 heterocycles. The molecule has 8 nitrogen and oxygen atoms in total. The van der Waals surface area contributed by atoms with Crippen molar-refractivity contribution >= 4 is 19.8 Å². The van der Waals surface area contributed by atoms with E-state index in [4.69, 9.17) is 19.3 Å². The summed E-state index contributed by atoms with van der Waals surface area (Å²) in [7, 11) is -4.77. The fourth-order valence-electron chi connectivity index (χ4n) is 4.70. The second-order valence-electron chi connectivity index (χ2n) is 12.2. The van der Waals surface area contributed by atoms with E-state index in [2.05, 4.69) is 79.1 Å². The van der Waals surface area contributed by atoms with E-state index < -0.39 is 32.5 Å². The van der Waals surface area contributed by atoms with E-state index in [9.17, 15) is 14.2 Å². The van der Waals surface area contributed by atoms with Crippen molar-refractivity contribution in [3.8, 4) is 0 Å². The van der Waals surface area contributed by atoms with Crippen molar-refractivity contribution in [2.75, 3.05) is 13.2 Å². The molecule has 0 aromatic carbocycles. The lowest BCUT2D eigenvalue weighted by molar-refractivity contribution is -0.161. The fraction of sp³-hybridized carbons (Fsp3) is 0.650. The molecule has 0 aromatic heterocycles. The standard InChI is InChI=1S/C40H67O8P/c1-3-5-7-9-11-13-15-17-19-20-21-23-25-27-29-31-33-35-40(42)48-38(37-47-49(43,44)45)36-46-39(41)34-32-30-28-26-24-22-18-16-14-12-10-8-6-4-2/h5,7,11,13,16-19,21,23,27,29,38H,3-4,6,8-10,12,14-15,20,22,24-26,28,30-37H2,1-2H3,(H2,43,44,45)/b7-5-,13-11-,18-16-,19-17-,23-21-,29-27-/t38-/m1/s1. The van der Waals surface area contributed by atoms with Crippen LogP contribution in [-0.2, 0) is 28.2 Å². The summed E-state index contributed by atoms with van der Waals surface area (Å²) in [6, 6.07) is 0. The Bertz CT molecular complexity index is 1020. The van der Waals surface area contributed by atoms with Gasteiger partial charge in [0.1, 0.15) is 6.61 Å². The first kappa shape index (κ1) is 46.5. The van der Waals surface area contributed by atoms with Crippen LogP contribution in [0.15, 0.2) is 72.9 Å². The summed E-state index contributed by atoms with van der Waals surface area (Å²) in [4.78, 5) is 42.7. The summed E-state index contributed by atoms with van der Waals surface area (Å²) in [6.07, 6.45) is 44.8. The number of allylic oxidation sites excluding steroid dienone is 12. The summed E-state index contributed by atoms with van der Waals surface area (Å²) < 4.78 is 26.2. The van der Waals surface area contributed by atoms with Crippen LogP contribution in [-0.4, -0.2) is 41.0 Å². The average molecular weight is 707 g/mol. The van der Waals surface area contributed by atoms with Crippen molar-refractivity contribution in [2.45, 2.75) is 155 Å². The summed E-state index contributed by atoms with van der Waals surface area (Å²) in [6.45, 7) is 3.48. The van der Waals surface area contributed by atoms with Crippen molar-refractivity contribution in [3.05, 3.63) is 72.9 Å². The number of phosphoric acid groups is 1. The molecule has 0 fully saturated rings. The summed E-state index contributed by atoms with van der Waals surface area (Å²) in [5.74, 6) is -0.970. The first-order valence-corrected chi connectivity index (χ1v) is 20.3. The maximum Gasteiger partial charge on any atom is 0.469 e. The molecule has 0 amide bonds. The zero-order chi connectivity index (χ0) is 36.1. The Morgan fingerprint density at radius 2 is 1.00 bits per heavy atom. The summed E-state index contributed by atoms with van der Waals surface area (Å²) in [5, 5.41) is 0. The largest absolute Gasteiger partial charge is 0.469 e. The minimum atomic E-state index is -4.77. The molecule has 1 atom stereocenters. The molecule has 49 heavy (non-hydrogen) atoms. The topological polar surface area (TPSA) is 119 Å². The molecule has 9 heteroatoms. The molecule has 0 aromatic rings. The van der Waals surface area contributed by atoms with Gasteiger partial charge in [0.2, 0.25) is 0 Å². The van der Waals surface area contributed by atoms with Gasteiger partial charge in [0.15, 0.2) is 6.10 Å². The van der Waals surface area contributed by atoms with Crippen LogP contribution < -0.4 is 0 Å². The third kappa shape index (κ3) is 38.1. The predicted molar refractivity (Wildman–Crippen MR) is 202 cm³/mol. The molecule has 0 aliphatic heterocycles. The Hall–Kier alpha value is -2.51. The van der Waals surface area contributed by atoms with Gasteiger partial charge in [-0.05, 0) is 77.0 Å². The van der Waals surface area contributed by atoms with Crippen LogP contribution in [0.4, 0.5) is 0 Å². The van der Waals surface area contributed by atoms with Gasteiger partial charge >= 0.3 is 19.8 Å². The molecule has 0 rings (SSSR count). The molecule has 0 unspecified atom stereocenters. The van der Waals surface area contributed by atoms with Crippen LogP contribution in [0.2, 0.25) is 0 Å². The Morgan fingerprint density at radius 3 is 1.55 bits per heavy atom. The molecular formula is C40H67O8P. The molecule has 0 aliphatic carbocycles. The Labute approximate surface area is 298 Å². The van der Waals surface area contributed by atoms with Crippen molar-refractivity contribution in [1.82, 2.24) is 0 Å². The number of carbonyl (C=O) groups excluding carboxylic acids is 2. The fourth-order valence-corrected chi connectivity index (χ4v) is 5.06. The second kappa shape index (κ2) is 35.3. The average Bonchev–Trinajstić information content (AvgIpc) is 3.07. The van der Waals surface area contributed by atoms with Crippen LogP contribution in [0.1, 0.15) is 149 Å². The highest BCUT2D eigenvalue weighted by molar-refractivity contribution is 7.46. The van der Waals surface area contributed by atoms with Crippen LogP contribution in [0.5, 0.6) is 0 Å². The molecule has 0 radical (unpaired) electrons. The van der Waals surface area contributed by atoms with E-state index >= 15 is 0 Å². The predicted octanol–water partition coefficient (Wildman–Crippen LogP) is 11.1. The second-order valence-corrected chi connectivity index (χ2v) is 13.4. The van der Waals surface area contributed by atoms with E-state index in [-0.39, 0.29) is 19.4 Å². The van der Waals surface area contributed by atoms with Crippen LogP contribution >= 0.6 is 7.82 Å². The van der Waals surface area contributed by atoms with Crippen molar-refractivity contribution in [1.29, 1.82) is 0 Å². The Morgan fingerprint density at radius 1 is 0.551 bits per heavy atom. The van der Waals surface area contributed by atoms with E-state index in [1.807, 2.05) is 12.2 Å². The first-order valence-electron chi connectivity index (χ1n) is 18.7. The number of esters is 2. The van der Waals surface area contributed by atoms with Gasteiger partial charge in [-0.25, -0.2) is 4.57 Å².